The van der Waals surface area contributed by atoms with Gasteiger partial charge in [-0.1, -0.05) is 11.8 Å². The van der Waals surface area contributed by atoms with Gasteiger partial charge in [0, 0.05) is 18.9 Å². The van der Waals surface area contributed by atoms with Crippen molar-refractivity contribution in [1.82, 2.24) is 24.2 Å². The highest BCUT2D eigenvalue weighted by Crippen LogP contribution is 2.34. The third-order valence-corrected chi connectivity index (χ3v) is 5.48. The van der Waals surface area contributed by atoms with Crippen molar-refractivity contribution in [2.75, 3.05) is 12.3 Å². The van der Waals surface area contributed by atoms with Crippen LogP contribution in [0.5, 0.6) is 0 Å². The van der Waals surface area contributed by atoms with E-state index in [2.05, 4.69) is 26.8 Å². The largest absolute Gasteiger partial charge is 0.387 e. The number of fused-ring (bicyclic) bond motifs is 1. The van der Waals surface area contributed by atoms with Crippen molar-refractivity contribution in [1.29, 1.82) is 0 Å². The Morgan fingerprint density at radius 3 is 2.67 bits per heavy atom. The molecule has 33 heavy (non-hydrogen) atoms. The first-order chi connectivity index (χ1) is 15.6. The lowest BCUT2D eigenvalue weighted by atomic mass is 10.1. The summed E-state index contributed by atoms with van der Waals surface area (Å²) in [6.07, 6.45) is -1.90. The fourth-order valence-corrected chi connectivity index (χ4v) is 3.78. The number of nitrogen functional groups attached to an aromatic ring is 1. The summed E-state index contributed by atoms with van der Waals surface area (Å²) in [6, 6.07) is 0.952. The first-order valence-electron chi connectivity index (χ1n) is 9.29. The van der Waals surface area contributed by atoms with Gasteiger partial charge in [-0.3, -0.25) is 0 Å². The third-order valence-electron chi connectivity index (χ3n) is 4.91. The van der Waals surface area contributed by atoms with E-state index in [0.717, 1.165) is 18.6 Å². The van der Waals surface area contributed by atoms with Crippen LogP contribution < -0.4 is 15.6 Å². The normalized spacial score (nSPS) is 22.9. The van der Waals surface area contributed by atoms with Crippen molar-refractivity contribution in [2.24, 2.45) is 5.14 Å². The van der Waals surface area contributed by atoms with E-state index in [9.17, 15) is 27.4 Å². The minimum atomic E-state index is -4.06. The number of nitrogens with one attached hydrogen (secondary N) is 1. The summed E-state index contributed by atoms with van der Waals surface area (Å²) in [7, 11) is -4.06. The van der Waals surface area contributed by atoms with Crippen LogP contribution >= 0.6 is 0 Å². The molecule has 3 aromatic rings. The Kier molecular flexibility index (Phi) is 5.97. The summed E-state index contributed by atoms with van der Waals surface area (Å²) >= 11 is 0. The quantitative estimate of drug-likeness (QED) is 0.218. The maximum Gasteiger partial charge on any atom is 0.274 e. The molecule has 1 saturated heterocycles. The fraction of sp³-hybridized carbons (Fsp3) is 0.278. The van der Waals surface area contributed by atoms with Crippen molar-refractivity contribution >= 4 is 27.1 Å². The molecule has 1 aliphatic rings. The number of ether oxygens (including phenoxy) is 1. The van der Waals surface area contributed by atoms with Gasteiger partial charge in [0.25, 0.3) is 10.2 Å². The first kappa shape index (κ1) is 22.9. The predicted octanol–water partition coefficient (Wildman–Crippen LogP) is -1.50. The molecule has 4 heterocycles. The summed E-state index contributed by atoms with van der Waals surface area (Å²) in [4.78, 5) is 11.4. The molecule has 3 aromatic heterocycles. The summed E-state index contributed by atoms with van der Waals surface area (Å²) in [6.45, 7) is -0.407. The molecule has 0 bridgehead atoms. The van der Waals surface area contributed by atoms with E-state index in [0.29, 0.717) is 0 Å². The van der Waals surface area contributed by atoms with Crippen molar-refractivity contribution in [3.05, 3.63) is 47.7 Å². The molecule has 1 aliphatic heterocycles. The minimum absolute atomic E-state index is 0.00402. The van der Waals surface area contributed by atoms with Crippen LogP contribution in [0.1, 0.15) is 17.4 Å². The van der Waals surface area contributed by atoms with E-state index >= 15 is 0 Å². The number of hydrogen-bond donors (Lipinski definition) is 5. The van der Waals surface area contributed by atoms with Crippen LogP contribution in [0, 0.1) is 23.6 Å². The van der Waals surface area contributed by atoms with Crippen LogP contribution in [0.25, 0.3) is 11.0 Å². The smallest absolute Gasteiger partial charge is 0.274 e. The molecular weight excluding hydrogens is 464 g/mol. The average Bonchev–Trinajstić information content (AvgIpc) is 3.24. The van der Waals surface area contributed by atoms with Gasteiger partial charge in [-0.05, 0) is 6.07 Å². The first-order valence-corrected chi connectivity index (χ1v) is 10.8. The molecule has 0 saturated carbocycles. The highest BCUT2D eigenvalue weighted by atomic mass is 32.2. The van der Waals surface area contributed by atoms with Crippen molar-refractivity contribution in [2.45, 2.75) is 24.5 Å². The third kappa shape index (κ3) is 4.48. The summed E-state index contributed by atoms with van der Waals surface area (Å²) in [5, 5.41) is 25.9. The lowest BCUT2D eigenvalue weighted by Gasteiger charge is -2.17. The Hall–Kier alpha value is -3.26. The molecule has 4 rings (SSSR count). The number of aliphatic hydroxyl groups is 2. The molecule has 4 atom stereocenters. The molecule has 7 N–H and O–H groups in total. The monoisotopic (exact) mass is 481 g/mol. The molecule has 12 nitrogen and oxygen atoms in total. The Morgan fingerprint density at radius 2 is 1.97 bits per heavy atom. The summed E-state index contributed by atoms with van der Waals surface area (Å²) in [5.74, 6) is 2.94. The van der Waals surface area contributed by atoms with Crippen LogP contribution in [0.3, 0.4) is 0 Å². The molecule has 0 aromatic carbocycles. The van der Waals surface area contributed by atoms with Crippen LogP contribution in [0.2, 0.25) is 0 Å². The molecular formula is C18H17F2N7O5S. The zero-order valence-electron chi connectivity index (χ0n) is 16.6. The predicted molar refractivity (Wildman–Crippen MR) is 109 cm³/mol. The van der Waals surface area contributed by atoms with Crippen molar-refractivity contribution in [3.63, 3.8) is 0 Å². The molecule has 15 heteroatoms. The fourth-order valence-electron chi connectivity index (χ4n) is 3.38. The summed E-state index contributed by atoms with van der Waals surface area (Å²) in [5.41, 5.74) is 5.69. The second kappa shape index (κ2) is 8.59. The topological polar surface area (TPSA) is 191 Å². The summed E-state index contributed by atoms with van der Waals surface area (Å²) < 4.78 is 59.0. The number of halogens is 2. The number of hydrogen-bond acceptors (Lipinski definition) is 9. The maximum atomic E-state index is 13.9. The van der Waals surface area contributed by atoms with Gasteiger partial charge >= 0.3 is 0 Å². The second-order valence-electron chi connectivity index (χ2n) is 7.06. The molecule has 0 spiro atoms. The highest BCUT2D eigenvalue weighted by Gasteiger charge is 2.44. The molecule has 0 unspecified atom stereocenters. The van der Waals surface area contributed by atoms with Gasteiger partial charge in [0.1, 0.15) is 47.5 Å². The van der Waals surface area contributed by atoms with Gasteiger partial charge in [0.2, 0.25) is 5.95 Å². The number of aromatic nitrogens is 4. The Labute approximate surface area is 185 Å². The number of anilines is 1. The average molecular weight is 481 g/mol. The Bertz CT molecular complexity index is 1370. The molecule has 174 valence electrons. The number of aliphatic hydroxyl groups excluding tert-OH is 2. The van der Waals surface area contributed by atoms with Crippen molar-refractivity contribution < 1.29 is 32.1 Å². The van der Waals surface area contributed by atoms with Gasteiger partial charge < -0.3 is 25.3 Å². The van der Waals surface area contributed by atoms with Crippen molar-refractivity contribution in [3.8, 4) is 11.8 Å². The second-order valence-corrected chi connectivity index (χ2v) is 8.43. The number of nitrogens with two attached hydrogens (primary N) is 2. The van der Waals surface area contributed by atoms with Crippen LogP contribution in [-0.4, -0.2) is 63.0 Å². The minimum Gasteiger partial charge on any atom is -0.387 e. The standard InChI is InChI=1S/C18H17F2N7O5S/c19-10-3-4-23-15(20)9(10)2-1-8-6-27(17-12(8)16(21)24-7-25-17)18-14(29)13(28)11(32-18)5-26-33(22,30)31/h3-4,6-7,11,13-14,18,26,28-29H,5H2,(H2,21,24,25)(H2,22,30,31)/t11-,13-,14-,18-/m1/s1. The van der Waals surface area contributed by atoms with Gasteiger partial charge in [0.15, 0.2) is 6.23 Å². The van der Waals surface area contributed by atoms with Gasteiger partial charge in [-0.15, -0.1) is 0 Å². The van der Waals surface area contributed by atoms with Crippen LogP contribution in [-0.2, 0) is 14.9 Å². The molecule has 1 fully saturated rings. The van der Waals surface area contributed by atoms with Gasteiger partial charge in [-0.2, -0.15) is 17.5 Å². The maximum absolute atomic E-state index is 13.9. The lowest BCUT2D eigenvalue weighted by Crippen LogP contribution is -2.42. The van der Waals surface area contributed by atoms with Gasteiger partial charge in [0.05, 0.1) is 10.9 Å². The molecule has 0 radical (unpaired) electrons. The van der Waals surface area contributed by atoms with E-state index in [1.54, 1.807) is 0 Å². The van der Waals surface area contributed by atoms with E-state index < -0.39 is 58.6 Å². The molecule has 0 aliphatic carbocycles. The van der Waals surface area contributed by atoms with E-state index in [-0.39, 0.29) is 22.4 Å². The number of pyridine rings is 1. The van der Waals surface area contributed by atoms with Crippen LogP contribution in [0.4, 0.5) is 14.6 Å². The Morgan fingerprint density at radius 1 is 1.21 bits per heavy atom. The molecule has 0 amide bonds. The van der Waals surface area contributed by atoms with E-state index in [1.165, 1.54) is 10.8 Å². The number of nitrogens with zero attached hydrogens (tertiary/aromatic N) is 4. The zero-order valence-corrected chi connectivity index (χ0v) is 17.4. The zero-order chi connectivity index (χ0) is 23.9. The number of rotatable bonds is 4. The lowest BCUT2D eigenvalue weighted by molar-refractivity contribution is -0.0327. The van der Waals surface area contributed by atoms with Gasteiger partial charge in [-0.25, -0.2) is 24.5 Å². The highest BCUT2D eigenvalue weighted by molar-refractivity contribution is 7.87. The van der Waals surface area contributed by atoms with E-state index in [4.69, 9.17) is 15.6 Å². The Balaban J connectivity index is 1.75. The SMILES string of the molecule is Nc1ncnc2c1c(C#Cc1c(F)ccnc1F)cn2[C@@H]1O[C@H](CNS(N)(=O)=O)[C@@H](O)[C@H]1O. The van der Waals surface area contributed by atoms with E-state index in [1.807, 2.05) is 4.72 Å². The van der Waals surface area contributed by atoms with Crippen LogP contribution in [0.15, 0.2) is 24.8 Å².